The fraction of sp³-hybridized carbons (Fsp3) is 0.545. The molecule has 17 heavy (non-hydrogen) atoms. The number of nitrogens with zero attached hydrogens (tertiary/aromatic N) is 1. The molecular formula is C11H13I2NO3. The third-order valence-corrected chi connectivity index (χ3v) is 5.59. The average Bonchev–Trinajstić information content (AvgIpc) is 2.37. The maximum Gasteiger partial charge on any atom is 0.228 e. The van der Waals surface area contributed by atoms with Gasteiger partial charge in [-0.25, -0.2) is 4.98 Å². The standard InChI is InChI=1S/C11H13I2NO3/c1-15-11-10(13)9(12)7(6-14-11)17-8-4-2-3-5-16-8/h6,8H,2-5H2,1H3. The van der Waals surface area contributed by atoms with E-state index in [1.807, 2.05) is 0 Å². The summed E-state index contributed by atoms with van der Waals surface area (Å²) in [5, 5.41) is 0. The second kappa shape index (κ2) is 6.37. The molecule has 0 saturated carbocycles. The predicted octanol–water partition coefficient (Wildman–Crippen LogP) is 3.20. The summed E-state index contributed by atoms with van der Waals surface area (Å²) in [6.07, 6.45) is 4.78. The van der Waals surface area contributed by atoms with Gasteiger partial charge in [0.25, 0.3) is 0 Å². The second-order valence-corrected chi connectivity index (χ2v) is 5.83. The zero-order chi connectivity index (χ0) is 12.3. The Bertz CT molecular complexity index is 395. The zero-order valence-corrected chi connectivity index (χ0v) is 13.7. The number of halogens is 2. The van der Waals surface area contributed by atoms with Crippen LogP contribution in [0.4, 0.5) is 0 Å². The van der Waals surface area contributed by atoms with E-state index in [9.17, 15) is 0 Å². The molecule has 6 heteroatoms. The molecule has 1 fully saturated rings. The van der Waals surface area contributed by atoms with Crippen molar-refractivity contribution in [2.45, 2.75) is 25.6 Å². The van der Waals surface area contributed by atoms with E-state index < -0.39 is 0 Å². The number of ether oxygens (including phenoxy) is 3. The van der Waals surface area contributed by atoms with Crippen LogP contribution in [0.1, 0.15) is 19.3 Å². The van der Waals surface area contributed by atoms with Gasteiger partial charge in [0, 0.05) is 6.42 Å². The van der Waals surface area contributed by atoms with Gasteiger partial charge in [-0.05, 0) is 58.0 Å². The highest BCUT2D eigenvalue weighted by Crippen LogP contribution is 2.32. The Morgan fingerprint density at radius 1 is 1.35 bits per heavy atom. The molecule has 1 aromatic heterocycles. The molecule has 0 aliphatic carbocycles. The van der Waals surface area contributed by atoms with Gasteiger partial charge in [-0.15, -0.1) is 0 Å². The van der Waals surface area contributed by atoms with Gasteiger partial charge in [0.2, 0.25) is 5.88 Å². The minimum absolute atomic E-state index is 0.136. The molecular weight excluding hydrogens is 448 g/mol. The van der Waals surface area contributed by atoms with Crippen LogP contribution < -0.4 is 9.47 Å². The quantitative estimate of drug-likeness (QED) is 0.649. The van der Waals surface area contributed by atoms with E-state index in [1.165, 1.54) is 0 Å². The first-order chi connectivity index (χ1) is 8.22. The molecule has 1 aliphatic heterocycles. The Labute approximate surface area is 128 Å². The highest BCUT2D eigenvalue weighted by Gasteiger charge is 2.19. The van der Waals surface area contributed by atoms with Crippen molar-refractivity contribution >= 4 is 45.2 Å². The molecule has 1 aromatic rings. The Balaban J connectivity index is 2.12. The maximum atomic E-state index is 5.81. The number of hydrogen-bond donors (Lipinski definition) is 0. The third-order valence-electron chi connectivity index (χ3n) is 2.49. The minimum Gasteiger partial charge on any atom is -0.480 e. The molecule has 0 bridgehead atoms. The number of aromatic nitrogens is 1. The summed E-state index contributed by atoms with van der Waals surface area (Å²) in [6.45, 7) is 0.780. The molecule has 0 spiro atoms. The maximum absolute atomic E-state index is 5.81. The molecule has 1 unspecified atom stereocenters. The molecule has 0 radical (unpaired) electrons. The summed E-state index contributed by atoms with van der Waals surface area (Å²) in [6, 6.07) is 0. The zero-order valence-electron chi connectivity index (χ0n) is 9.41. The van der Waals surface area contributed by atoms with Crippen molar-refractivity contribution in [3.8, 4) is 11.6 Å². The van der Waals surface area contributed by atoms with Crippen LogP contribution in [0, 0.1) is 7.14 Å². The number of methoxy groups -OCH3 is 1. The Morgan fingerprint density at radius 3 is 2.82 bits per heavy atom. The molecule has 1 atom stereocenters. The van der Waals surface area contributed by atoms with E-state index >= 15 is 0 Å². The van der Waals surface area contributed by atoms with E-state index in [-0.39, 0.29) is 6.29 Å². The van der Waals surface area contributed by atoms with Crippen molar-refractivity contribution in [1.82, 2.24) is 4.98 Å². The SMILES string of the molecule is COc1ncc(OC2CCCCO2)c(I)c1I. The largest absolute Gasteiger partial charge is 0.480 e. The molecule has 2 heterocycles. The molecule has 2 rings (SSSR count). The summed E-state index contributed by atoms with van der Waals surface area (Å²) < 4.78 is 18.5. The van der Waals surface area contributed by atoms with Crippen LogP contribution in [-0.2, 0) is 4.74 Å². The number of hydrogen-bond acceptors (Lipinski definition) is 4. The fourth-order valence-electron chi connectivity index (χ4n) is 1.60. The normalized spacial score (nSPS) is 20.1. The molecule has 0 amide bonds. The van der Waals surface area contributed by atoms with Crippen LogP contribution in [-0.4, -0.2) is 25.0 Å². The molecule has 94 valence electrons. The van der Waals surface area contributed by atoms with Crippen LogP contribution in [0.15, 0.2) is 6.20 Å². The second-order valence-electron chi connectivity index (χ2n) is 3.67. The van der Waals surface area contributed by atoms with Crippen molar-refractivity contribution in [1.29, 1.82) is 0 Å². The summed E-state index contributed by atoms with van der Waals surface area (Å²) in [7, 11) is 1.62. The fourth-order valence-corrected chi connectivity index (χ4v) is 2.73. The minimum atomic E-state index is -0.136. The lowest BCUT2D eigenvalue weighted by Crippen LogP contribution is -2.25. The molecule has 1 saturated heterocycles. The van der Waals surface area contributed by atoms with Gasteiger partial charge < -0.3 is 14.2 Å². The van der Waals surface area contributed by atoms with Crippen molar-refractivity contribution in [3.63, 3.8) is 0 Å². The first-order valence-electron chi connectivity index (χ1n) is 5.38. The van der Waals surface area contributed by atoms with Crippen LogP contribution in [0.5, 0.6) is 11.6 Å². The van der Waals surface area contributed by atoms with Crippen LogP contribution in [0.3, 0.4) is 0 Å². The third kappa shape index (κ3) is 3.34. The van der Waals surface area contributed by atoms with E-state index in [1.54, 1.807) is 13.3 Å². The number of rotatable bonds is 3. The van der Waals surface area contributed by atoms with Crippen molar-refractivity contribution < 1.29 is 14.2 Å². The topological polar surface area (TPSA) is 40.6 Å². The van der Waals surface area contributed by atoms with Gasteiger partial charge in [-0.1, -0.05) is 0 Å². The van der Waals surface area contributed by atoms with Gasteiger partial charge in [0.1, 0.15) is 0 Å². The first kappa shape index (κ1) is 13.6. The lowest BCUT2D eigenvalue weighted by Gasteiger charge is -2.24. The van der Waals surface area contributed by atoms with E-state index in [4.69, 9.17) is 14.2 Å². The van der Waals surface area contributed by atoms with E-state index in [2.05, 4.69) is 50.2 Å². The monoisotopic (exact) mass is 461 g/mol. The summed E-state index contributed by atoms with van der Waals surface area (Å²) in [5.41, 5.74) is 0. The lowest BCUT2D eigenvalue weighted by molar-refractivity contribution is -0.106. The Morgan fingerprint density at radius 2 is 2.18 bits per heavy atom. The van der Waals surface area contributed by atoms with Crippen molar-refractivity contribution in [3.05, 3.63) is 13.3 Å². The summed E-state index contributed by atoms with van der Waals surface area (Å²) >= 11 is 4.45. The summed E-state index contributed by atoms with van der Waals surface area (Å²) in [4.78, 5) is 4.21. The van der Waals surface area contributed by atoms with Gasteiger partial charge in [0.05, 0.1) is 27.1 Å². The van der Waals surface area contributed by atoms with Crippen LogP contribution >= 0.6 is 45.2 Å². The predicted molar refractivity (Wildman–Crippen MR) is 80.4 cm³/mol. The smallest absolute Gasteiger partial charge is 0.228 e. The van der Waals surface area contributed by atoms with Gasteiger partial charge in [-0.3, -0.25) is 0 Å². The first-order valence-corrected chi connectivity index (χ1v) is 7.54. The Kier molecular flexibility index (Phi) is 5.10. The molecule has 1 aliphatic rings. The van der Waals surface area contributed by atoms with E-state index in [0.717, 1.165) is 38.8 Å². The molecule has 0 N–H and O–H groups in total. The van der Waals surface area contributed by atoms with Crippen LogP contribution in [0.25, 0.3) is 0 Å². The Hall–Kier alpha value is 0.170. The highest BCUT2D eigenvalue weighted by molar-refractivity contribution is 14.1. The number of pyridine rings is 1. The average molecular weight is 461 g/mol. The van der Waals surface area contributed by atoms with Crippen molar-refractivity contribution in [2.75, 3.05) is 13.7 Å². The van der Waals surface area contributed by atoms with Gasteiger partial charge in [0.15, 0.2) is 12.0 Å². The molecule has 0 aromatic carbocycles. The van der Waals surface area contributed by atoms with Gasteiger partial charge in [-0.2, -0.15) is 0 Å². The van der Waals surface area contributed by atoms with E-state index in [0.29, 0.717) is 5.88 Å². The van der Waals surface area contributed by atoms with Gasteiger partial charge >= 0.3 is 0 Å². The summed E-state index contributed by atoms with van der Waals surface area (Å²) in [5.74, 6) is 1.40. The van der Waals surface area contributed by atoms with Crippen molar-refractivity contribution in [2.24, 2.45) is 0 Å². The highest BCUT2D eigenvalue weighted by atomic mass is 127. The van der Waals surface area contributed by atoms with Crippen LogP contribution in [0.2, 0.25) is 0 Å². The molecule has 4 nitrogen and oxygen atoms in total. The lowest BCUT2D eigenvalue weighted by atomic mass is 10.2.